The van der Waals surface area contributed by atoms with Gasteiger partial charge < -0.3 is 14.8 Å². The first-order valence-electron chi connectivity index (χ1n) is 9.69. The van der Waals surface area contributed by atoms with Crippen LogP contribution in [0.25, 0.3) is 0 Å². The molecule has 3 aliphatic carbocycles. The van der Waals surface area contributed by atoms with Crippen molar-refractivity contribution in [3.05, 3.63) is 58.6 Å². The van der Waals surface area contributed by atoms with Crippen LogP contribution in [0.4, 0.5) is 4.39 Å². The maximum Gasteiger partial charge on any atom is 0.258 e. The Labute approximate surface area is 178 Å². The quantitative estimate of drug-likeness (QED) is 0.611. The smallest absolute Gasteiger partial charge is 0.258 e. The fourth-order valence-electron chi connectivity index (χ4n) is 4.66. The molecule has 30 heavy (non-hydrogen) atoms. The van der Waals surface area contributed by atoms with Crippen molar-refractivity contribution in [1.29, 1.82) is 0 Å². The Balaban J connectivity index is 1.24. The molecule has 2 bridgehead atoms. The van der Waals surface area contributed by atoms with Crippen LogP contribution < -0.4 is 10.1 Å². The van der Waals surface area contributed by atoms with Crippen LogP contribution in [0.3, 0.4) is 0 Å². The molecule has 0 atom stereocenters. The van der Waals surface area contributed by atoms with E-state index < -0.39 is 5.82 Å². The molecular weight excluding hydrogens is 411 g/mol. The van der Waals surface area contributed by atoms with Crippen molar-refractivity contribution in [3.63, 3.8) is 0 Å². The van der Waals surface area contributed by atoms with E-state index in [1.165, 1.54) is 12.1 Å². The topological polar surface area (TPSA) is 77.5 Å². The van der Waals surface area contributed by atoms with Gasteiger partial charge in [-0.05, 0) is 48.9 Å². The first-order chi connectivity index (χ1) is 14.3. The van der Waals surface area contributed by atoms with Gasteiger partial charge in [0.1, 0.15) is 17.3 Å². The lowest BCUT2D eigenvalue weighted by atomic mass is 9.38. The molecular formula is C22H22ClFN2O4. The van der Waals surface area contributed by atoms with Gasteiger partial charge in [-0.1, -0.05) is 17.7 Å². The Hall–Kier alpha value is -2.51. The first kappa shape index (κ1) is 20.8. The minimum Gasteiger partial charge on any atom is -0.484 e. The molecule has 3 fully saturated rings. The molecule has 1 aromatic carbocycles. The van der Waals surface area contributed by atoms with Crippen LogP contribution >= 0.6 is 11.6 Å². The minimum atomic E-state index is -0.595. The first-order valence-corrected chi connectivity index (χ1v) is 10.1. The summed E-state index contributed by atoms with van der Waals surface area (Å²) >= 11 is 5.63. The van der Waals surface area contributed by atoms with Crippen molar-refractivity contribution in [2.75, 3.05) is 13.7 Å². The molecule has 6 nitrogen and oxygen atoms in total. The van der Waals surface area contributed by atoms with Gasteiger partial charge >= 0.3 is 0 Å². The van der Waals surface area contributed by atoms with Gasteiger partial charge in [-0.15, -0.1) is 0 Å². The fourth-order valence-corrected chi connectivity index (χ4v) is 4.78. The number of halogens is 2. The average molecular weight is 433 g/mol. The van der Waals surface area contributed by atoms with E-state index >= 15 is 0 Å². The van der Waals surface area contributed by atoms with E-state index in [1.807, 2.05) is 12.1 Å². The zero-order valence-electron chi connectivity index (χ0n) is 16.5. The molecule has 0 unspecified atom stereocenters. The molecule has 0 radical (unpaired) electrons. The molecule has 3 saturated carbocycles. The second-order valence-electron chi connectivity index (χ2n) is 8.27. The lowest BCUT2D eigenvalue weighted by molar-refractivity contribution is -0.164. The number of nitrogens with one attached hydrogen (secondary N) is 1. The molecule has 2 aromatic rings. The molecule has 1 aromatic heterocycles. The number of amides is 1. The van der Waals surface area contributed by atoms with Gasteiger partial charge in [0.15, 0.2) is 12.4 Å². The van der Waals surface area contributed by atoms with E-state index in [9.17, 15) is 14.0 Å². The predicted octanol–water partition coefficient (Wildman–Crippen LogP) is 3.71. The van der Waals surface area contributed by atoms with Crippen molar-refractivity contribution < 1.29 is 23.5 Å². The molecule has 0 spiro atoms. The Morgan fingerprint density at radius 3 is 2.70 bits per heavy atom. The van der Waals surface area contributed by atoms with Crippen LogP contribution in [0, 0.1) is 11.2 Å². The highest BCUT2D eigenvalue weighted by Gasteiger charge is 2.68. The number of Topliss-reactive ketones (excluding diaryl/α,β-unsaturated/α-hetero) is 1. The van der Waals surface area contributed by atoms with E-state index in [4.69, 9.17) is 21.1 Å². The van der Waals surface area contributed by atoms with Crippen molar-refractivity contribution in [3.8, 4) is 5.75 Å². The maximum absolute atomic E-state index is 13.4. The second-order valence-corrected chi connectivity index (χ2v) is 8.68. The maximum atomic E-state index is 13.4. The number of carbonyl (C=O) groups excluding carboxylic acids is 2. The summed E-state index contributed by atoms with van der Waals surface area (Å²) in [6.07, 6.45) is 2.73. The Bertz CT molecular complexity index is 977. The SMILES string of the molecule is COCc1cccc(C(=O)CC23CC(NC(=O)COc4ccc(Cl)c(F)c4)(C2)C3)n1. The van der Waals surface area contributed by atoms with Crippen molar-refractivity contribution in [2.45, 2.75) is 37.8 Å². The second kappa shape index (κ2) is 7.96. The van der Waals surface area contributed by atoms with Crippen LogP contribution in [0.5, 0.6) is 5.75 Å². The summed E-state index contributed by atoms with van der Waals surface area (Å²) in [7, 11) is 1.59. The number of methoxy groups -OCH3 is 1. The molecule has 8 heteroatoms. The van der Waals surface area contributed by atoms with Crippen LogP contribution in [-0.2, 0) is 16.1 Å². The number of ether oxygens (including phenoxy) is 2. The fraction of sp³-hybridized carbons (Fsp3) is 0.409. The van der Waals surface area contributed by atoms with Crippen LogP contribution in [0.1, 0.15) is 41.9 Å². The minimum absolute atomic E-state index is 0.00105. The van der Waals surface area contributed by atoms with Crippen molar-refractivity contribution in [2.24, 2.45) is 5.41 Å². The highest BCUT2D eigenvalue weighted by Crippen LogP contribution is 2.69. The summed E-state index contributed by atoms with van der Waals surface area (Å²) in [5.74, 6) is -0.600. The van der Waals surface area contributed by atoms with Gasteiger partial charge in [-0.25, -0.2) is 9.37 Å². The number of aromatic nitrogens is 1. The number of benzene rings is 1. The molecule has 0 saturated heterocycles. The number of ketones is 1. The van der Waals surface area contributed by atoms with Crippen LogP contribution in [0.15, 0.2) is 36.4 Å². The third kappa shape index (κ3) is 4.18. The van der Waals surface area contributed by atoms with Gasteiger partial charge in [-0.2, -0.15) is 0 Å². The zero-order chi connectivity index (χ0) is 21.4. The largest absolute Gasteiger partial charge is 0.484 e. The van der Waals surface area contributed by atoms with Crippen molar-refractivity contribution >= 4 is 23.3 Å². The molecule has 1 heterocycles. The Morgan fingerprint density at radius 2 is 2.00 bits per heavy atom. The summed E-state index contributed by atoms with van der Waals surface area (Å²) in [5, 5.41) is 2.99. The molecule has 1 N–H and O–H groups in total. The summed E-state index contributed by atoms with van der Waals surface area (Å²) in [5.41, 5.74) is 0.877. The zero-order valence-corrected chi connectivity index (χ0v) is 17.3. The van der Waals surface area contributed by atoms with Gasteiger partial charge in [0.05, 0.1) is 17.3 Å². The summed E-state index contributed by atoms with van der Waals surface area (Å²) in [6, 6.07) is 9.40. The van der Waals surface area contributed by atoms with E-state index in [0.717, 1.165) is 31.0 Å². The number of hydrogen-bond acceptors (Lipinski definition) is 5. The van der Waals surface area contributed by atoms with Gasteiger partial charge in [-0.3, -0.25) is 9.59 Å². The van der Waals surface area contributed by atoms with Gasteiger partial charge in [0.25, 0.3) is 5.91 Å². The number of carbonyl (C=O) groups is 2. The van der Waals surface area contributed by atoms with Crippen LogP contribution in [0.2, 0.25) is 5.02 Å². The summed E-state index contributed by atoms with van der Waals surface area (Å²) in [6.45, 7) is 0.164. The molecule has 5 rings (SSSR count). The molecule has 158 valence electrons. The number of nitrogens with zero attached hydrogens (tertiary/aromatic N) is 1. The van der Waals surface area contributed by atoms with Crippen LogP contribution in [-0.4, -0.2) is 35.9 Å². The van der Waals surface area contributed by atoms with Crippen molar-refractivity contribution in [1.82, 2.24) is 10.3 Å². The Morgan fingerprint density at radius 1 is 1.23 bits per heavy atom. The third-order valence-electron chi connectivity index (χ3n) is 5.73. The van der Waals surface area contributed by atoms with Gasteiger partial charge in [0.2, 0.25) is 0 Å². The van der Waals surface area contributed by atoms with E-state index in [2.05, 4.69) is 10.3 Å². The van der Waals surface area contributed by atoms with E-state index in [-0.39, 0.29) is 40.0 Å². The lowest BCUT2D eigenvalue weighted by Gasteiger charge is -2.70. The summed E-state index contributed by atoms with van der Waals surface area (Å²) < 4.78 is 23.8. The normalized spacial score (nSPS) is 23.8. The predicted molar refractivity (Wildman–Crippen MR) is 108 cm³/mol. The third-order valence-corrected chi connectivity index (χ3v) is 6.03. The standard InChI is InChI=1S/C22H22ClFN2O4/c1-29-9-14-3-2-4-18(25-14)19(27)8-21-11-22(12-21,13-21)26-20(28)10-30-15-5-6-16(23)17(24)7-15/h2-7H,8-13H2,1H3,(H,26,28). The van der Waals surface area contributed by atoms with E-state index in [1.54, 1.807) is 13.2 Å². The molecule has 1 amide bonds. The highest BCUT2D eigenvalue weighted by atomic mass is 35.5. The number of hydrogen-bond donors (Lipinski definition) is 1. The lowest BCUT2D eigenvalue weighted by Crippen LogP contribution is -2.75. The molecule has 0 aliphatic heterocycles. The monoisotopic (exact) mass is 432 g/mol. The van der Waals surface area contributed by atoms with Gasteiger partial charge in [0, 0.05) is 25.1 Å². The van der Waals surface area contributed by atoms with E-state index in [0.29, 0.717) is 18.7 Å². The number of rotatable bonds is 9. The number of pyridine rings is 1. The summed E-state index contributed by atoms with van der Waals surface area (Å²) in [4.78, 5) is 29.2. The molecule has 3 aliphatic rings. The Kier molecular flexibility index (Phi) is 5.51. The average Bonchev–Trinajstić information content (AvgIpc) is 2.66. The highest BCUT2D eigenvalue weighted by molar-refractivity contribution is 6.30.